The molecule has 0 aliphatic carbocycles. The number of ether oxygens (including phenoxy) is 1. The SMILES string of the molecule is CCCC/C=C\CCCCCCCC(=O)OCCCCCCCCCCCCCC/C=C\CCCCCCCCCCCCCCCCC(=O)NC(CO)C(O)/C=C/CCCCCCCCCCCCCCCCCCCCCCCC. The van der Waals surface area contributed by atoms with Crippen LogP contribution < -0.4 is 5.32 Å². The first kappa shape index (κ1) is 80.1. The molecule has 0 heterocycles. The third-order valence-electron chi connectivity index (χ3n) is 17.4. The van der Waals surface area contributed by atoms with E-state index in [2.05, 4.69) is 43.5 Å². The number of esters is 1. The van der Waals surface area contributed by atoms with Gasteiger partial charge in [0.25, 0.3) is 0 Å². The highest BCUT2D eigenvalue weighted by Gasteiger charge is 2.18. The van der Waals surface area contributed by atoms with E-state index in [1.54, 1.807) is 6.08 Å². The Balaban J connectivity index is 3.40. The number of carbonyl (C=O) groups excluding carboxylic acids is 2. The van der Waals surface area contributed by atoms with Gasteiger partial charge in [-0.05, 0) is 77.0 Å². The van der Waals surface area contributed by atoms with Crippen LogP contribution in [0, 0.1) is 0 Å². The number of hydrogen-bond acceptors (Lipinski definition) is 5. The molecule has 1 amide bonds. The molecule has 0 saturated heterocycles. The van der Waals surface area contributed by atoms with Crippen molar-refractivity contribution in [3.8, 4) is 0 Å². The summed E-state index contributed by atoms with van der Waals surface area (Å²) < 4.78 is 5.47. The lowest BCUT2D eigenvalue weighted by Crippen LogP contribution is -2.45. The van der Waals surface area contributed by atoms with Crippen LogP contribution in [-0.4, -0.2) is 47.4 Å². The normalized spacial score (nSPS) is 12.7. The summed E-state index contributed by atoms with van der Waals surface area (Å²) in [6.07, 6.45) is 92.5. The van der Waals surface area contributed by atoms with Crippen molar-refractivity contribution in [3.05, 3.63) is 36.5 Å². The zero-order valence-corrected chi connectivity index (χ0v) is 55.5. The van der Waals surface area contributed by atoms with E-state index >= 15 is 0 Å². The van der Waals surface area contributed by atoms with E-state index in [0.717, 1.165) is 44.9 Å². The van der Waals surface area contributed by atoms with Crippen LogP contribution in [0.15, 0.2) is 36.5 Å². The van der Waals surface area contributed by atoms with Crippen molar-refractivity contribution >= 4 is 11.9 Å². The Morgan fingerprint density at radius 1 is 0.329 bits per heavy atom. The summed E-state index contributed by atoms with van der Waals surface area (Å²) in [6.45, 7) is 4.90. The average molecular weight is 1150 g/mol. The molecule has 3 N–H and O–H groups in total. The van der Waals surface area contributed by atoms with Crippen LogP contribution in [-0.2, 0) is 14.3 Å². The van der Waals surface area contributed by atoms with Crippen molar-refractivity contribution in [2.75, 3.05) is 13.2 Å². The minimum Gasteiger partial charge on any atom is -0.466 e. The molecule has 0 spiro atoms. The van der Waals surface area contributed by atoms with E-state index in [1.807, 2.05) is 6.08 Å². The molecule has 0 radical (unpaired) electrons. The van der Waals surface area contributed by atoms with E-state index < -0.39 is 12.1 Å². The topological polar surface area (TPSA) is 95.9 Å². The van der Waals surface area contributed by atoms with Gasteiger partial charge in [0.05, 0.1) is 25.4 Å². The molecule has 0 aliphatic rings. The predicted octanol–water partition coefficient (Wildman–Crippen LogP) is 24.3. The average Bonchev–Trinajstić information content (AvgIpc) is 3.48. The van der Waals surface area contributed by atoms with Crippen molar-refractivity contribution < 1.29 is 24.5 Å². The van der Waals surface area contributed by atoms with Crippen LogP contribution in [0.1, 0.15) is 412 Å². The maximum absolute atomic E-state index is 12.5. The van der Waals surface area contributed by atoms with Gasteiger partial charge in [-0.25, -0.2) is 0 Å². The molecular formula is C76H145NO5. The molecule has 0 aliphatic heterocycles. The first-order chi connectivity index (χ1) is 40.5. The van der Waals surface area contributed by atoms with E-state index in [4.69, 9.17) is 4.74 Å². The molecule has 0 rings (SSSR count). The number of hydrogen-bond donors (Lipinski definition) is 3. The van der Waals surface area contributed by atoms with Gasteiger partial charge in [0.15, 0.2) is 0 Å². The highest BCUT2D eigenvalue weighted by molar-refractivity contribution is 5.76. The highest BCUT2D eigenvalue weighted by atomic mass is 16.5. The zero-order chi connectivity index (χ0) is 59.2. The van der Waals surface area contributed by atoms with Crippen molar-refractivity contribution in [2.45, 2.75) is 424 Å². The number of rotatable bonds is 70. The van der Waals surface area contributed by atoms with E-state index in [1.165, 1.54) is 340 Å². The van der Waals surface area contributed by atoms with E-state index in [-0.39, 0.29) is 18.5 Å². The molecule has 0 aromatic carbocycles. The fraction of sp³-hybridized carbons (Fsp3) is 0.895. The van der Waals surface area contributed by atoms with Gasteiger partial charge >= 0.3 is 5.97 Å². The van der Waals surface area contributed by atoms with Crippen molar-refractivity contribution in [3.63, 3.8) is 0 Å². The van der Waals surface area contributed by atoms with Gasteiger partial charge in [0.1, 0.15) is 0 Å². The van der Waals surface area contributed by atoms with Crippen LogP contribution in [0.4, 0.5) is 0 Å². The van der Waals surface area contributed by atoms with Crippen LogP contribution in [0.3, 0.4) is 0 Å². The quantitative estimate of drug-likeness (QED) is 0.0320. The highest BCUT2D eigenvalue weighted by Crippen LogP contribution is 2.19. The van der Waals surface area contributed by atoms with Gasteiger partial charge in [0.2, 0.25) is 5.91 Å². The molecule has 82 heavy (non-hydrogen) atoms. The fourth-order valence-corrected chi connectivity index (χ4v) is 11.7. The second kappa shape index (κ2) is 71.6. The number of aliphatic hydroxyl groups is 2. The molecule has 484 valence electrons. The minimum atomic E-state index is -0.845. The smallest absolute Gasteiger partial charge is 0.305 e. The molecule has 0 bridgehead atoms. The minimum absolute atomic E-state index is 0.00611. The maximum Gasteiger partial charge on any atom is 0.305 e. The molecule has 0 aromatic rings. The number of amides is 1. The largest absolute Gasteiger partial charge is 0.466 e. The molecular weight excluding hydrogens is 1010 g/mol. The zero-order valence-electron chi connectivity index (χ0n) is 55.5. The monoisotopic (exact) mass is 1150 g/mol. The number of unbranched alkanes of at least 4 members (excludes halogenated alkanes) is 55. The lowest BCUT2D eigenvalue weighted by atomic mass is 10.0. The Morgan fingerprint density at radius 2 is 0.585 bits per heavy atom. The van der Waals surface area contributed by atoms with Crippen LogP contribution in [0.25, 0.3) is 0 Å². The number of aliphatic hydroxyl groups excluding tert-OH is 2. The van der Waals surface area contributed by atoms with Gasteiger partial charge in [-0.3, -0.25) is 9.59 Å². The second-order valence-corrected chi connectivity index (χ2v) is 25.6. The summed E-state index contributed by atoms with van der Waals surface area (Å²) in [7, 11) is 0. The second-order valence-electron chi connectivity index (χ2n) is 25.6. The molecule has 6 heteroatoms. The summed E-state index contributed by atoms with van der Waals surface area (Å²) in [6, 6.07) is -0.628. The van der Waals surface area contributed by atoms with E-state index in [9.17, 15) is 19.8 Å². The van der Waals surface area contributed by atoms with Crippen LogP contribution >= 0.6 is 0 Å². The predicted molar refractivity (Wildman–Crippen MR) is 361 cm³/mol. The summed E-state index contributed by atoms with van der Waals surface area (Å²) in [5.74, 6) is -0.0559. The number of carbonyl (C=O) groups is 2. The van der Waals surface area contributed by atoms with Crippen molar-refractivity contribution in [2.24, 2.45) is 0 Å². The Morgan fingerprint density at radius 3 is 0.902 bits per heavy atom. The number of nitrogens with one attached hydrogen (secondary N) is 1. The van der Waals surface area contributed by atoms with Gasteiger partial charge < -0.3 is 20.3 Å². The third-order valence-corrected chi connectivity index (χ3v) is 17.4. The van der Waals surface area contributed by atoms with Crippen LogP contribution in [0.2, 0.25) is 0 Å². The summed E-state index contributed by atoms with van der Waals surface area (Å²) in [4.78, 5) is 24.5. The van der Waals surface area contributed by atoms with Gasteiger partial charge in [0, 0.05) is 12.8 Å². The number of allylic oxidation sites excluding steroid dienone is 5. The summed E-state index contributed by atoms with van der Waals surface area (Å²) in [5.41, 5.74) is 0. The van der Waals surface area contributed by atoms with Gasteiger partial charge in [-0.2, -0.15) is 0 Å². The summed E-state index contributed by atoms with van der Waals surface area (Å²) >= 11 is 0. The lowest BCUT2D eigenvalue weighted by Gasteiger charge is -2.20. The lowest BCUT2D eigenvalue weighted by molar-refractivity contribution is -0.143. The van der Waals surface area contributed by atoms with E-state index in [0.29, 0.717) is 19.4 Å². The Bertz CT molecular complexity index is 1330. The molecule has 0 fully saturated rings. The van der Waals surface area contributed by atoms with Gasteiger partial charge in [-0.1, -0.05) is 359 Å². The first-order valence-electron chi connectivity index (χ1n) is 37.3. The molecule has 2 atom stereocenters. The molecule has 0 aromatic heterocycles. The van der Waals surface area contributed by atoms with Gasteiger partial charge in [-0.15, -0.1) is 0 Å². The molecule has 0 saturated carbocycles. The maximum atomic E-state index is 12.5. The molecule has 6 nitrogen and oxygen atoms in total. The van der Waals surface area contributed by atoms with Crippen LogP contribution in [0.5, 0.6) is 0 Å². The van der Waals surface area contributed by atoms with Crippen molar-refractivity contribution in [1.82, 2.24) is 5.32 Å². The van der Waals surface area contributed by atoms with Crippen molar-refractivity contribution in [1.29, 1.82) is 0 Å². The Labute approximate surface area is 513 Å². The summed E-state index contributed by atoms with van der Waals surface area (Å²) in [5, 5.41) is 23.3. The molecule has 2 unspecified atom stereocenters. The Hall–Kier alpha value is -1.92. The standard InChI is InChI=1S/C76H145NO5/c1-3-5-7-9-11-13-15-16-17-18-19-20-21-30-33-36-39-42-45-49-52-56-60-64-68-74(79)73(72-78)77-75(80)69-65-61-57-53-50-46-43-40-37-34-31-28-26-24-22-23-25-27-29-32-35-38-41-44-47-51-55-59-63-67-71-82-76(81)70-66-62-58-54-48-14-12-10-8-6-4-2/h10,12,23,25,64,68,73-74,78-79H,3-9,11,13-22,24,26-63,65-67,69-72H2,1-2H3,(H,77,80)/b12-10-,25-23-,68-64+. The fourth-order valence-electron chi connectivity index (χ4n) is 11.7. The Kier molecular flexibility index (Phi) is 69.9. The first-order valence-corrected chi connectivity index (χ1v) is 37.3. The third kappa shape index (κ3) is 67.2.